The molecular weight excluding hydrogens is 308 g/mol. The van der Waals surface area contributed by atoms with E-state index < -0.39 is 24.5 Å². The number of carbonyl (C=O) groups excluding carboxylic acids is 2. The zero-order valence-corrected chi connectivity index (χ0v) is 13.1. The Balaban J connectivity index is 1.63. The minimum Gasteiger partial charge on any atom is -0.326 e. The predicted molar refractivity (Wildman–Crippen MR) is 78.4 cm³/mol. The van der Waals surface area contributed by atoms with E-state index in [-0.39, 0.29) is 18.9 Å². The van der Waals surface area contributed by atoms with Gasteiger partial charge in [-0.15, -0.1) is 0 Å². The number of aryl methyl sites for hydroxylation is 2. The number of carbonyl (C=O) groups is 2. The van der Waals surface area contributed by atoms with Crippen LogP contribution in [0, 0.1) is 6.92 Å². The SMILES string of the molecule is Cc1cc(N2CCC(NC(=O)N3CCC(F)(F)C3)C2=O)n(C)n1. The molecule has 1 unspecified atom stereocenters. The third-order valence-corrected chi connectivity index (χ3v) is 4.21. The summed E-state index contributed by atoms with van der Waals surface area (Å²) in [6, 6.07) is 0.499. The van der Waals surface area contributed by atoms with Crippen LogP contribution in [-0.2, 0) is 11.8 Å². The summed E-state index contributed by atoms with van der Waals surface area (Å²) in [5.41, 5.74) is 0.794. The molecule has 2 aliphatic heterocycles. The lowest BCUT2D eigenvalue weighted by atomic mass is 10.2. The molecule has 0 bridgehead atoms. The summed E-state index contributed by atoms with van der Waals surface area (Å²) in [6.45, 7) is 1.70. The molecule has 1 atom stereocenters. The van der Waals surface area contributed by atoms with Crippen molar-refractivity contribution in [3.05, 3.63) is 11.8 Å². The zero-order chi connectivity index (χ0) is 16.8. The molecule has 3 rings (SSSR count). The maximum Gasteiger partial charge on any atom is 0.318 e. The van der Waals surface area contributed by atoms with Gasteiger partial charge in [-0.25, -0.2) is 13.6 Å². The number of amides is 3. The maximum atomic E-state index is 13.2. The molecule has 23 heavy (non-hydrogen) atoms. The highest BCUT2D eigenvalue weighted by Gasteiger charge is 2.42. The Morgan fingerprint density at radius 2 is 2.17 bits per heavy atom. The van der Waals surface area contributed by atoms with E-state index in [1.54, 1.807) is 22.7 Å². The van der Waals surface area contributed by atoms with Crippen molar-refractivity contribution in [3.63, 3.8) is 0 Å². The average Bonchev–Trinajstić information content (AvgIpc) is 3.09. The largest absolute Gasteiger partial charge is 0.326 e. The summed E-state index contributed by atoms with van der Waals surface area (Å²) >= 11 is 0. The van der Waals surface area contributed by atoms with Gasteiger partial charge in [-0.3, -0.25) is 14.4 Å². The summed E-state index contributed by atoms with van der Waals surface area (Å²) in [6.07, 6.45) is 0.110. The van der Waals surface area contributed by atoms with Crippen LogP contribution in [0.2, 0.25) is 0 Å². The van der Waals surface area contributed by atoms with Gasteiger partial charge in [-0.1, -0.05) is 0 Å². The van der Waals surface area contributed by atoms with Gasteiger partial charge in [-0.05, 0) is 13.3 Å². The normalized spacial score (nSPS) is 23.7. The molecule has 2 fully saturated rings. The van der Waals surface area contributed by atoms with Gasteiger partial charge >= 0.3 is 6.03 Å². The first-order valence-electron chi connectivity index (χ1n) is 7.52. The molecule has 0 spiro atoms. The summed E-state index contributed by atoms with van der Waals surface area (Å²) in [4.78, 5) is 27.1. The van der Waals surface area contributed by atoms with Crippen LogP contribution in [0.15, 0.2) is 6.07 Å². The van der Waals surface area contributed by atoms with Gasteiger partial charge in [0.2, 0.25) is 0 Å². The molecule has 2 aliphatic rings. The van der Waals surface area contributed by atoms with Gasteiger partial charge in [0, 0.05) is 32.6 Å². The summed E-state index contributed by atoms with van der Waals surface area (Å²) in [5, 5.41) is 6.77. The van der Waals surface area contributed by atoms with E-state index in [4.69, 9.17) is 0 Å². The zero-order valence-electron chi connectivity index (χ0n) is 13.1. The van der Waals surface area contributed by atoms with Crippen LogP contribution >= 0.6 is 0 Å². The van der Waals surface area contributed by atoms with Gasteiger partial charge in [0.25, 0.3) is 11.8 Å². The van der Waals surface area contributed by atoms with Crippen LogP contribution in [0.3, 0.4) is 0 Å². The van der Waals surface area contributed by atoms with Crippen molar-refractivity contribution in [2.75, 3.05) is 24.5 Å². The minimum absolute atomic E-state index is 0.00435. The van der Waals surface area contributed by atoms with E-state index >= 15 is 0 Å². The van der Waals surface area contributed by atoms with Gasteiger partial charge in [-0.2, -0.15) is 5.10 Å². The summed E-state index contributed by atoms with van der Waals surface area (Å²) in [5.74, 6) is -2.42. The van der Waals surface area contributed by atoms with Gasteiger partial charge in [0.1, 0.15) is 11.9 Å². The fourth-order valence-electron chi connectivity index (χ4n) is 3.04. The predicted octanol–water partition coefficient (Wildman–Crippen LogP) is 0.884. The third-order valence-electron chi connectivity index (χ3n) is 4.21. The number of nitrogens with zero attached hydrogens (tertiary/aromatic N) is 4. The molecule has 0 saturated carbocycles. The molecule has 1 aromatic heterocycles. The van der Waals surface area contributed by atoms with Crippen molar-refractivity contribution in [2.24, 2.45) is 7.05 Å². The van der Waals surface area contributed by atoms with E-state index in [9.17, 15) is 18.4 Å². The van der Waals surface area contributed by atoms with Crippen LogP contribution in [-0.4, -0.2) is 58.2 Å². The molecule has 0 aliphatic carbocycles. The van der Waals surface area contributed by atoms with Crippen molar-refractivity contribution >= 4 is 17.8 Å². The lowest BCUT2D eigenvalue weighted by molar-refractivity contribution is -0.118. The van der Waals surface area contributed by atoms with Crippen molar-refractivity contribution < 1.29 is 18.4 Å². The fourth-order valence-corrected chi connectivity index (χ4v) is 3.04. The molecular formula is C14H19F2N5O2. The van der Waals surface area contributed by atoms with E-state index in [0.717, 1.165) is 10.6 Å². The second-order valence-corrected chi connectivity index (χ2v) is 6.08. The quantitative estimate of drug-likeness (QED) is 0.877. The van der Waals surface area contributed by atoms with E-state index in [2.05, 4.69) is 10.4 Å². The Bertz CT molecular complexity index is 645. The molecule has 3 amide bonds. The Labute approximate surface area is 132 Å². The van der Waals surface area contributed by atoms with Crippen molar-refractivity contribution in [2.45, 2.75) is 31.7 Å². The molecule has 0 aromatic carbocycles. The van der Waals surface area contributed by atoms with Gasteiger partial charge < -0.3 is 10.2 Å². The number of halogens is 2. The van der Waals surface area contributed by atoms with Crippen molar-refractivity contribution in [3.8, 4) is 0 Å². The second kappa shape index (κ2) is 5.47. The molecule has 2 saturated heterocycles. The number of likely N-dealkylation sites (tertiary alicyclic amines) is 1. The monoisotopic (exact) mass is 327 g/mol. The van der Waals surface area contributed by atoms with E-state index in [1.165, 1.54) is 0 Å². The van der Waals surface area contributed by atoms with Gasteiger partial charge in [0.15, 0.2) is 0 Å². The first-order chi connectivity index (χ1) is 10.8. The minimum atomic E-state index is -2.84. The highest BCUT2D eigenvalue weighted by atomic mass is 19.3. The first kappa shape index (κ1) is 15.7. The number of urea groups is 1. The van der Waals surface area contributed by atoms with E-state index in [0.29, 0.717) is 18.8 Å². The molecule has 3 heterocycles. The number of alkyl halides is 2. The molecule has 9 heteroatoms. The van der Waals surface area contributed by atoms with Crippen molar-refractivity contribution in [1.29, 1.82) is 0 Å². The molecule has 1 N–H and O–H groups in total. The van der Waals surface area contributed by atoms with Crippen LogP contribution in [0.25, 0.3) is 0 Å². The molecule has 0 radical (unpaired) electrons. The molecule has 126 valence electrons. The second-order valence-electron chi connectivity index (χ2n) is 6.08. The number of anilines is 1. The van der Waals surface area contributed by atoms with Crippen LogP contribution in [0.4, 0.5) is 19.4 Å². The molecule has 1 aromatic rings. The fraction of sp³-hybridized carbons (Fsp3) is 0.643. The summed E-state index contributed by atoms with van der Waals surface area (Å²) in [7, 11) is 1.74. The average molecular weight is 327 g/mol. The number of rotatable bonds is 2. The lowest BCUT2D eigenvalue weighted by Crippen LogP contribution is -2.48. The van der Waals surface area contributed by atoms with Crippen LogP contribution in [0.5, 0.6) is 0 Å². The highest BCUT2D eigenvalue weighted by Crippen LogP contribution is 2.27. The third kappa shape index (κ3) is 2.99. The maximum absolute atomic E-state index is 13.2. The Hall–Kier alpha value is -2.19. The Kier molecular flexibility index (Phi) is 3.73. The van der Waals surface area contributed by atoms with Crippen LogP contribution < -0.4 is 10.2 Å². The lowest BCUT2D eigenvalue weighted by Gasteiger charge is -2.20. The standard InChI is InChI=1S/C14H19F2N5O2/c1-9-7-11(19(2)18-9)21-5-3-10(12(21)22)17-13(23)20-6-4-14(15,16)8-20/h7,10H,3-6,8H2,1-2H3,(H,17,23). The van der Waals surface area contributed by atoms with E-state index in [1.807, 2.05) is 6.92 Å². The highest BCUT2D eigenvalue weighted by molar-refractivity contribution is 6.00. The molecule has 7 nitrogen and oxygen atoms in total. The smallest absolute Gasteiger partial charge is 0.318 e. The van der Waals surface area contributed by atoms with Crippen LogP contribution in [0.1, 0.15) is 18.5 Å². The number of hydrogen-bond donors (Lipinski definition) is 1. The Morgan fingerprint density at radius 1 is 1.43 bits per heavy atom. The first-order valence-corrected chi connectivity index (χ1v) is 7.52. The van der Waals surface area contributed by atoms with Gasteiger partial charge in [0.05, 0.1) is 12.2 Å². The number of hydrogen-bond acceptors (Lipinski definition) is 3. The summed E-state index contributed by atoms with van der Waals surface area (Å²) < 4.78 is 27.9. The number of aromatic nitrogens is 2. The number of nitrogens with one attached hydrogen (secondary N) is 1. The topological polar surface area (TPSA) is 70.5 Å². The Morgan fingerprint density at radius 3 is 2.74 bits per heavy atom. The van der Waals surface area contributed by atoms with Crippen molar-refractivity contribution in [1.82, 2.24) is 20.0 Å².